The maximum absolute atomic E-state index is 9.09. The lowest BCUT2D eigenvalue weighted by atomic mass is 10.1. The summed E-state index contributed by atoms with van der Waals surface area (Å²) in [5.41, 5.74) is 3.52. The molecular weight excluding hydrogens is 436 g/mol. The van der Waals surface area contributed by atoms with E-state index < -0.39 is 20.2 Å². The third kappa shape index (κ3) is 10.0. The lowest BCUT2D eigenvalue weighted by Gasteiger charge is -2.07. The number of ether oxygens (including phenoxy) is 3. The molecule has 4 nitrogen and oxygen atoms in total. The molecule has 0 spiro atoms. The minimum atomic E-state index is -2.76. The van der Waals surface area contributed by atoms with E-state index in [1.54, 1.807) is 48.5 Å². The average molecular weight is 478 g/mol. The van der Waals surface area contributed by atoms with Gasteiger partial charge in [-0.15, -0.1) is 0 Å². The summed E-state index contributed by atoms with van der Waals surface area (Å²) in [4.78, 5) is 0. The van der Waals surface area contributed by atoms with Gasteiger partial charge in [-0.25, -0.2) is 0 Å². The van der Waals surface area contributed by atoms with Crippen LogP contribution in [0.25, 0.3) is 0 Å². The van der Waals surface area contributed by atoms with Crippen molar-refractivity contribution in [3.8, 4) is 11.5 Å². The number of aliphatic hydroxyl groups is 1. The smallest absolute Gasteiger partial charge is 0.119 e. The molecule has 0 radical (unpaired) electrons. The van der Waals surface area contributed by atoms with Crippen LogP contribution in [0, 0.1) is 0 Å². The molecule has 0 aliphatic rings. The second-order valence-electron chi connectivity index (χ2n) is 7.59. The first-order valence-electron chi connectivity index (χ1n) is 14.7. The highest BCUT2D eigenvalue weighted by molar-refractivity contribution is 5.29. The topological polar surface area (TPSA) is 47.9 Å². The van der Waals surface area contributed by atoms with E-state index in [1.807, 2.05) is 60.7 Å². The minimum Gasteiger partial charge on any atom is -0.489 e. The van der Waals surface area contributed by atoms with E-state index >= 15 is 0 Å². The highest BCUT2D eigenvalue weighted by Crippen LogP contribution is 2.15. The zero-order chi connectivity index (χ0) is 30.6. The van der Waals surface area contributed by atoms with E-state index in [-0.39, 0.29) is 12.8 Å². The Labute approximate surface area is 218 Å². The minimum absolute atomic E-state index is 0.0219. The summed E-state index contributed by atoms with van der Waals surface area (Å²) >= 11 is 0. The molecule has 4 rings (SSSR count). The predicted octanol–water partition coefficient (Wildman–Crippen LogP) is 6.25. The van der Waals surface area contributed by atoms with E-state index in [9.17, 15) is 0 Å². The molecule has 4 aromatic carbocycles. The summed E-state index contributed by atoms with van der Waals surface area (Å²) in [6.07, 6.45) is -0.170. The van der Waals surface area contributed by atoms with Crippen LogP contribution in [0.1, 0.15) is 31.8 Å². The molecule has 0 aliphatic heterocycles. The van der Waals surface area contributed by atoms with Crippen LogP contribution < -0.4 is 9.47 Å². The number of hydrogen-bond donors (Lipinski definition) is 1. The van der Waals surface area contributed by atoms with Crippen LogP contribution in [-0.4, -0.2) is 25.3 Å². The normalized spacial score (nSPS) is 14.4. The van der Waals surface area contributed by atoms with Gasteiger partial charge in [0.15, 0.2) is 0 Å². The second kappa shape index (κ2) is 15.3. The molecule has 0 unspecified atom stereocenters. The third-order valence-corrected chi connectivity index (χ3v) is 4.98. The monoisotopic (exact) mass is 477 g/mol. The zero-order valence-corrected chi connectivity index (χ0v) is 19.4. The van der Waals surface area contributed by atoms with Crippen molar-refractivity contribution in [2.45, 2.75) is 26.1 Å². The summed E-state index contributed by atoms with van der Waals surface area (Å²) in [6.45, 7) is -3.48. The molecule has 0 saturated heterocycles. The van der Waals surface area contributed by atoms with Crippen LogP contribution in [0.2, 0.25) is 0 Å². The number of hydrogen-bond acceptors (Lipinski definition) is 4. The second-order valence-corrected chi connectivity index (χ2v) is 7.59. The van der Waals surface area contributed by atoms with Gasteiger partial charge in [0.2, 0.25) is 0 Å². The Kier molecular flexibility index (Phi) is 7.79. The van der Waals surface area contributed by atoms with Gasteiger partial charge in [-0.3, -0.25) is 0 Å². The Morgan fingerprint density at radius 3 is 1.49 bits per heavy atom. The molecule has 0 heterocycles. The summed E-state index contributed by atoms with van der Waals surface area (Å²) in [6, 6.07) is 33.5. The summed E-state index contributed by atoms with van der Waals surface area (Å²) < 4.78 is 66.1. The zero-order valence-electron chi connectivity index (χ0n) is 26.4. The van der Waals surface area contributed by atoms with E-state index in [0.29, 0.717) is 24.5 Å². The van der Waals surface area contributed by atoms with Crippen LogP contribution in [0.4, 0.5) is 0 Å². The van der Waals surface area contributed by atoms with Crippen molar-refractivity contribution < 1.29 is 28.9 Å². The van der Waals surface area contributed by atoms with Gasteiger partial charge in [0.1, 0.15) is 24.7 Å². The highest BCUT2D eigenvalue weighted by atomic mass is 16.5. The van der Waals surface area contributed by atoms with E-state index in [1.165, 1.54) is 0 Å². The molecule has 4 heteroatoms. The molecule has 35 heavy (non-hydrogen) atoms. The van der Waals surface area contributed by atoms with Crippen molar-refractivity contribution in [3.63, 3.8) is 0 Å². The van der Waals surface area contributed by atoms with E-state index in [4.69, 9.17) is 24.2 Å². The molecule has 182 valence electrons. The summed E-state index contributed by atoms with van der Waals surface area (Å²) in [5.74, 6) is 1.39. The standard InChI is InChI=1S/C16H18O2.C15H16O2/c1-17-12-11-14-7-9-16(10-8-14)18-13-15-5-3-2-4-6-15;16-11-10-13-6-8-15(9-7-13)17-12-14-4-2-1-3-5-14/h2-10H,11-13H2,1H3;1-9,16H,10-12H2/i1D3,12D2;11D2. The molecule has 0 bridgehead atoms. The number of methoxy groups -OCH3 is 1. The van der Waals surface area contributed by atoms with Gasteiger partial charge >= 0.3 is 0 Å². The Balaban J connectivity index is 0.000000235. The van der Waals surface area contributed by atoms with Gasteiger partial charge in [-0.05, 0) is 59.4 Å². The van der Waals surface area contributed by atoms with Crippen molar-refractivity contribution in [1.29, 1.82) is 0 Å². The van der Waals surface area contributed by atoms with Crippen molar-refractivity contribution in [2.24, 2.45) is 0 Å². The molecule has 0 aromatic heterocycles. The van der Waals surface area contributed by atoms with Crippen molar-refractivity contribution in [2.75, 3.05) is 20.2 Å². The molecule has 0 aliphatic carbocycles. The largest absolute Gasteiger partial charge is 0.489 e. The SMILES string of the molecule is [2H]C([2H])(O)Cc1ccc(OCc2ccccc2)cc1.[2H]C([2H])([2H])OC([2H])([2H])Cc1ccc(OCc2ccccc2)cc1. The molecule has 0 fully saturated rings. The van der Waals surface area contributed by atoms with Gasteiger partial charge < -0.3 is 19.3 Å². The van der Waals surface area contributed by atoms with Crippen LogP contribution in [0.15, 0.2) is 109 Å². The maximum Gasteiger partial charge on any atom is 0.119 e. The number of aryl methyl sites for hydroxylation is 2. The molecule has 1 N–H and O–H groups in total. The van der Waals surface area contributed by atoms with Crippen molar-refractivity contribution in [1.82, 2.24) is 0 Å². The Bertz CT molecular complexity index is 1320. The fraction of sp³-hybridized carbons (Fsp3) is 0.226. The van der Waals surface area contributed by atoms with Crippen LogP contribution in [0.5, 0.6) is 11.5 Å². The molecule has 0 atom stereocenters. The first kappa shape index (κ1) is 17.8. The lowest BCUT2D eigenvalue weighted by Crippen LogP contribution is -1.96. The van der Waals surface area contributed by atoms with Gasteiger partial charge in [0.05, 0.1) is 16.2 Å². The third-order valence-electron chi connectivity index (χ3n) is 4.98. The Morgan fingerprint density at radius 2 is 1.06 bits per heavy atom. The molecular formula is C31H34O4. The van der Waals surface area contributed by atoms with Crippen molar-refractivity contribution in [3.05, 3.63) is 131 Å². The fourth-order valence-electron chi connectivity index (χ4n) is 3.10. The predicted molar refractivity (Wildman–Crippen MR) is 141 cm³/mol. The number of rotatable bonds is 11. The number of benzene rings is 4. The lowest BCUT2D eigenvalue weighted by molar-refractivity contribution is 0.202. The van der Waals surface area contributed by atoms with Gasteiger partial charge in [-0.2, -0.15) is 0 Å². The van der Waals surface area contributed by atoms with Gasteiger partial charge in [-0.1, -0.05) is 84.9 Å². The van der Waals surface area contributed by atoms with Crippen LogP contribution >= 0.6 is 0 Å². The molecule has 4 aromatic rings. The van der Waals surface area contributed by atoms with Gasteiger partial charge in [0, 0.05) is 13.6 Å². The van der Waals surface area contributed by atoms with Gasteiger partial charge in [0.25, 0.3) is 0 Å². The fourth-order valence-corrected chi connectivity index (χ4v) is 3.10. The quantitative estimate of drug-likeness (QED) is 0.277. The van der Waals surface area contributed by atoms with Crippen LogP contribution in [-0.2, 0) is 30.8 Å². The Morgan fingerprint density at radius 1 is 0.600 bits per heavy atom. The molecule has 0 saturated carbocycles. The van der Waals surface area contributed by atoms with Crippen molar-refractivity contribution >= 4 is 0 Å². The van der Waals surface area contributed by atoms with Crippen LogP contribution in [0.3, 0.4) is 0 Å². The maximum atomic E-state index is 9.09. The molecule has 0 amide bonds. The summed E-state index contributed by atoms with van der Waals surface area (Å²) in [7, 11) is -2.76. The first-order chi connectivity index (χ1) is 19.8. The van der Waals surface area contributed by atoms with E-state index in [2.05, 4.69) is 4.74 Å². The first-order valence-corrected chi connectivity index (χ1v) is 11.2. The average Bonchev–Trinajstić information content (AvgIpc) is 2.91. The van der Waals surface area contributed by atoms with E-state index in [0.717, 1.165) is 22.4 Å². The highest BCUT2D eigenvalue weighted by Gasteiger charge is 1.98. The summed E-state index contributed by atoms with van der Waals surface area (Å²) in [5, 5.41) is 9.09. The Hall–Kier alpha value is -3.60.